The number of hydrogen-bond acceptors (Lipinski definition) is 3. The fourth-order valence-corrected chi connectivity index (χ4v) is 2.95. The average Bonchev–Trinajstić information content (AvgIpc) is 2.49. The van der Waals surface area contributed by atoms with Crippen LogP contribution in [-0.2, 0) is 4.74 Å². The predicted octanol–water partition coefficient (Wildman–Crippen LogP) is 3.99. The maximum atomic E-state index is 11.1. The van der Waals surface area contributed by atoms with Crippen molar-refractivity contribution in [2.75, 3.05) is 0 Å². The van der Waals surface area contributed by atoms with E-state index in [2.05, 4.69) is 29.8 Å². The van der Waals surface area contributed by atoms with Gasteiger partial charge in [0.15, 0.2) is 6.29 Å². The van der Waals surface area contributed by atoms with Gasteiger partial charge in [0, 0.05) is 10.9 Å². The Morgan fingerprint density at radius 2 is 2.05 bits per heavy atom. The van der Waals surface area contributed by atoms with Gasteiger partial charge in [0.05, 0.1) is 11.2 Å². The van der Waals surface area contributed by atoms with E-state index >= 15 is 0 Å². The summed E-state index contributed by atoms with van der Waals surface area (Å²) >= 11 is 3.35. The molecule has 1 aromatic rings. The summed E-state index contributed by atoms with van der Waals surface area (Å²) in [5.74, 6) is 0.609. The fraction of sp³-hybridized carbons (Fsp3) is 0.533. The summed E-state index contributed by atoms with van der Waals surface area (Å²) in [7, 11) is 0. The number of ether oxygens (including phenoxy) is 2. The van der Waals surface area contributed by atoms with Gasteiger partial charge in [0.1, 0.15) is 17.5 Å². The second kappa shape index (κ2) is 4.91. The second-order valence-electron chi connectivity index (χ2n) is 6.08. The van der Waals surface area contributed by atoms with Gasteiger partial charge in [-0.2, -0.15) is 0 Å². The summed E-state index contributed by atoms with van der Waals surface area (Å²) in [6.07, 6.45) is 1.55. The van der Waals surface area contributed by atoms with E-state index in [1.807, 2.05) is 26.0 Å². The Hall–Kier alpha value is -0.870. The van der Waals surface area contributed by atoms with Crippen LogP contribution in [0.3, 0.4) is 0 Å². The molecule has 1 atom stereocenters. The third-order valence-corrected chi connectivity index (χ3v) is 3.85. The van der Waals surface area contributed by atoms with Gasteiger partial charge in [-0.05, 0) is 45.9 Å². The van der Waals surface area contributed by atoms with E-state index in [1.165, 1.54) is 0 Å². The molecule has 0 N–H and O–H groups in total. The molecule has 0 bridgehead atoms. The summed E-state index contributed by atoms with van der Waals surface area (Å²) in [4.78, 5) is 11.1. The first kappa shape index (κ1) is 14.5. The molecule has 1 fully saturated rings. The highest BCUT2D eigenvalue weighted by atomic mass is 79.9. The molecule has 0 amide bonds. The summed E-state index contributed by atoms with van der Waals surface area (Å²) in [5.41, 5.74) is -0.0170. The monoisotopic (exact) mass is 326 g/mol. The largest absolute Gasteiger partial charge is 0.487 e. The summed E-state index contributed by atoms with van der Waals surface area (Å²) in [6.45, 7) is 8.15. The van der Waals surface area contributed by atoms with Crippen molar-refractivity contribution < 1.29 is 14.3 Å². The van der Waals surface area contributed by atoms with Crippen LogP contribution >= 0.6 is 15.9 Å². The van der Waals surface area contributed by atoms with E-state index in [4.69, 9.17) is 9.47 Å². The van der Waals surface area contributed by atoms with Crippen molar-refractivity contribution in [2.45, 2.75) is 51.4 Å². The Morgan fingerprint density at radius 1 is 1.37 bits per heavy atom. The van der Waals surface area contributed by atoms with Crippen LogP contribution in [0.25, 0.3) is 0 Å². The molecule has 1 aliphatic heterocycles. The number of rotatable bonds is 3. The van der Waals surface area contributed by atoms with Crippen molar-refractivity contribution in [2.24, 2.45) is 0 Å². The Kier molecular flexibility index (Phi) is 3.76. The van der Waals surface area contributed by atoms with E-state index in [9.17, 15) is 4.79 Å². The zero-order valence-electron chi connectivity index (χ0n) is 11.7. The van der Waals surface area contributed by atoms with Crippen LogP contribution in [0.1, 0.15) is 44.5 Å². The molecule has 19 heavy (non-hydrogen) atoms. The molecular weight excluding hydrogens is 308 g/mol. The van der Waals surface area contributed by atoms with Gasteiger partial charge >= 0.3 is 0 Å². The standard InChI is InChI=1S/C15H19BrO3/c1-14(2)8-13(15(3,4)19-14)18-12-6-5-11(16)7-10(12)9-17/h5-7,9,13H,8H2,1-4H3. The highest BCUT2D eigenvalue weighted by molar-refractivity contribution is 9.10. The molecule has 104 valence electrons. The van der Waals surface area contributed by atoms with E-state index in [-0.39, 0.29) is 17.3 Å². The maximum Gasteiger partial charge on any atom is 0.153 e. The number of hydrogen-bond donors (Lipinski definition) is 0. The Bertz CT molecular complexity index is 494. The fourth-order valence-electron chi connectivity index (χ4n) is 2.57. The first-order valence-electron chi connectivity index (χ1n) is 6.35. The molecule has 0 aliphatic carbocycles. The van der Waals surface area contributed by atoms with Crippen LogP contribution in [0.2, 0.25) is 0 Å². The van der Waals surface area contributed by atoms with Crippen molar-refractivity contribution >= 4 is 22.2 Å². The number of benzene rings is 1. The van der Waals surface area contributed by atoms with Crippen LogP contribution < -0.4 is 4.74 Å². The van der Waals surface area contributed by atoms with Crippen LogP contribution in [0.5, 0.6) is 5.75 Å². The minimum absolute atomic E-state index is 0.0672. The molecule has 0 radical (unpaired) electrons. The smallest absolute Gasteiger partial charge is 0.153 e. The van der Waals surface area contributed by atoms with Crippen LogP contribution in [0.4, 0.5) is 0 Å². The SMILES string of the molecule is CC1(C)CC(Oc2ccc(Br)cc2C=O)C(C)(C)O1. The number of aldehydes is 1. The van der Waals surface area contributed by atoms with Gasteiger partial charge in [-0.3, -0.25) is 4.79 Å². The second-order valence-corrected chi connectivity index (χ2v) is 6.99. The number of carbonyl (C=O) groups is 1. The zero-order valence-corrected chi connectivity index (χ0v) is 13.3. The molecule has 1 aliphatic rings. The van der Waals surface area contributed by atoms with E-state index < -0.39 is 0 Å². The average molecular weight is 327 g/mol. The van der Waals surface area contributed by atoms with E-state index in [1.54, 1.807) is 6.07 Å². The number of carbonyl (C=O) groups excluding carboxylic acids is 1. The molecule has 2 rings (SSSR count). The molecule has 0 aromatic heterocycles. The molecule has 1 heterocycles. The van der Waals surface area contributed by atoms with Gasteiger partial charge in [-0.15, -0.1) is 0 Å². The van der Waals surface area contributed by atoms with Crippen molar-refractivity contribution in [3.8, 4) is 5.75 Å². The Balaban J connectivity index is 2.24. The molecule has 1 unspecified atom stereocenters. The van der Waals surface area contributed by atoms with Gasteiger partial charge in [0.2, 0.25) is 0 Å². The quantitative estimate of drug-likeness (QED) is 0.788. The predicted molar refractivity (Wildman–Crippen MR) is 77.8 cm³/mol. The summed E-state index contributed by atoms with van der Waals surface area (Å²) in [6, 6.07) is 5.45. The molecule has 3 nitrogen and oxygen atoms in total. The van der Waals surface area contributed by atoms with Crippen LogP contribution in [0.15, 0.2) is 22.7 Å². The van der Waals surface area contributed by atoms with Crippen molar-refractivity contribution in [1.82, 2.24) is 0 Å². The highest BCUT2D eigenvalue weighted by Gasteiger charge is 2.47. The van der Waals surface area contributed by atoms with Crippen LogP contribution in [0, 0.1) is 0 Å². The van der Waals surface area contributed by atoms with Gasteiger partial charge in [-0.25, -0.2) is 0 Å². The van der Waals surface area contributed by atoms with Gasteiger partial charge in [-0.1, -0.05) is 15.9 Å². The van der Waals surface area contributed by atoms with E-state index in [0.29, 0.717) is 11.3 Å². The normalized spacial score (nSPS) is 24.2. The minimum atomic E-state index is -0.364. The number of halogens is 1. The first-order chi connectivity index (χ1) is 8.73. The first-order valence-corrected chi connectivity index (χ1v) is 7.14. The van der Waals surface area contributed by atoms with Crippen molar-refractivity contribution in [1.29, 1.82) is 0 Å². The summed E-state index contributed by atoms with van der Waals surface area (Å²) in [5, 5.41) is 0. The molecule has 1 aromatic carbocycles. The lowest BCUT2D eigenvalue weighted by atomic mass is 9.97. The lowest BCUT2D eigenvalue weighted by Gasteiger charge is -2.27. The van der Waals surface area contributed by atoms with Gasteiger partial charge < -0.3 is 9.47 Å². The Labute approximate surface area is 122 Å². The molecule has 1 saturated heterocycles. The molecule has 4 heteroatoms. The van der Waals surface area contributed by atoms with Crippen molar-refractivity contribution in [3.05, 3.63) is 28.2 Å². The summed E-state index contributed by atoms with van der Waals surface area (Å²) < 4.78 is 12.9. The maximum absolute atomic E-state index is 11.1. The molecule has 0 spiro atoms. The molecule has 0 saturated carbocycles. The van der Waals surface area contributed by atoms with Crippen molar-refractivity contribution in [3.63, 3.8) is 0 Å². The third-order valence-electron chi connectivity index (χ3n) is 3.36. The lowest BCUT2D eigenvalue weighted by Crippen LogP contribution is -2.36. The van der Waals surface area contributed by atoms with E-state index in [0.717, 1.165) is 17.2 Å². The highest BCUT2D eigenvalue weighted by Crippen LogP contribution is 2.40. The van der Waals surface area contributed by atoms with Gasteiger partial charge in [0.25, 0.3) is 0 Å². The molecular formula is C15H19BrO3. The minimum Gasteiger partial charge on any atom is -0.487 e. The third kappa shape index (κ3) is 3.18. The zero-order chi connectivity index (χ0) is 14.3. The lowest BCUT2D eigenvalue weighted by molar-refractivity contribution is -0.0846. The topological polar surface area (TPSA) is 35.5 Å². The van der Waals surface area contributed by atoms with Crippen LogP contribution in [-0.4, -0.2) is 23.6 Å². The Morgan fingerprint density at radius 3 is 2.58 bits per heavy atom.